The average molecular weight is 201 g/mol. The third kappa shape index (κ3) is 6.39. The second kappa shape index (κ2) is 9.47. The molecule has 0 aliphatic heterocycles. The third-order valence-electron chi connectivity index (χ3n) is 2.58. The Morgan fingerprint density at radius 2 is 1.71 bits per heavy atom. The molecule has 0 aromatic carbocycles. The molecule has 0 saturated carbocycles. The minimum Gasteiger partial charge on any atom is -0.363 e. The molecule has 2 heteroatoms. The van der Waals surface area contributed by atoms with E-state index in [9.17, 15) is 0 Å². The summed E-state index contributed by atoms with van der Waals surface area (Å²) < 4.78 is 5.76. The number of unbranched alkanes of at least 4 members (excludes halogenated alkanes) is 2. The summed E-state index contributed by atoms with van der Waals surface area (Å²) in [6.07, 6.45) is 5.22. The van der Waals surface area contributed by atoms with E-state index >= 15 is 0 Å². The quantitative estimate of drug-likeness (QED) is 0.419. The number of rotatable bonds is 9. The average Bonchev–Trinajstić information content (AvgIpc) is 2.19. The van der Waals surface area contributed by atoms with Crippen molar-refractivity contribution in [3.8, 4) is 0 Å². The van der Waals surface area contributed by atoms with Crippen LogP contribution in [0.4, 0.5) is 0 Å². The molecule has 1 atom stereocenters. The fourth-order valence-electron chi connectivity index (χ4n) is 1.46. The highest BCUT2D eigenvalue weighted by molar-refractivity contribution is 4.57. The maximum Gasteiger partial charge on any atom is 0.107 e. The first kappa shape index (κ1) is 13.9. The Hall–Kier alpha value is -0.0800. The molecule has 0 saturated heterocycles. The molecule has 0 radical (unpaired) electrons. The molecule has 0 spiro atoms. The predicted molar refractivity (Wildman–Crippen MR) is 62.5 cm³/mol. The van der Waals surface area contributed by atoms with E-state index in [1.165, 1.54) is 32.2 Å². The lowest BCUT2D eigenvalue weighted by atomic mass is 10.3. The smallest absolute Gasteiger partial charge is 0.107 e. The molecule has 1 unspecified atom stereocenters. The third-order valence-corrected chi connectivity index (χ3v) is 2.58. The first-order valence-corrected chi connectivity index (χ1v) is 6.11. The van der Waals surface area contributed by atoms with Crippen LogP contribution in [0.5, 0.6) is 0 Å². The van der Waals surface area contributed by atoms with Crippen molar-refractivity contribution >= 4 is 0 Å². The standard InChI is InChI=1S/C12H27NO/c1-5-8-10-13(7-3)12(4)14-11-9-6-2/h12H,5-11H2,1-4H3. The SMILES string of the molecule is CCCCOC(C)N(CC)CCCC. The zero-order valence-corrected chi connectivity index (χ0v) is 10.4. The topological polar surface area (TPSA) is 12.5 Å². The van der Waals surface area contributed by atoms with Gasteiger partial charge in [0, 0.05) is 13.2 Å². The van der Waals surface area contributed by atoms with Crippen molar-refractivity contribution in [2.24, 2.45) is 0 Å². The van der Waals surface area contributed by atoms with Crippen molar-refractivity contribution in [3.05, 3.63) is 0 Å². The molecule has 0 aliphatic carbocycles. The van der Waals surface area contributed by atoms with Gasteiger partial charge >= 0.3 is 0 Å². The van der Waals surface area contributed by atoms with Gasteiger partial charge < -0.3 is 4.74 Å². The van der Waals surface area contributed by atoms with Gasteiger partial charge in [-0.15, -0.1) is 0 Å². The molecule has 2 nitrogen and oxygen atoms in total. The van der Waals surface area contributed by atoms with Crippen molar-refractivity contribution in [2.45, 2.75) is 59.6 Å². The fourth-order valence-corrected chi connectivity index (χ4v) is 1.46. The Kier molecular flexibility index (Phi) is 9.42. The van der Waals surface area contributed by atoms with Crippen molar-refractivity contribution in [3.63, 3.8) is 0 Å². The van der Waals surface area contributed by atoms with Gasteiger partial charge in [-0.3, -0.25) is 4.90 Å². The minimum absolute atomic E-state index is 0.290. The van der Waals surface area contributed by atoms with Crippen LogP contribution in [0.25, 0.3) is 0 Å². The van der Waals surface area contributed by atoms with E-state index in [1.807, 2.05) is 0 Å². The fraction of sp³-hybridized carbons (Fsp3) is 1.00. The van der Waals surface area contributed by atoms with E-state index in [0.717, 1.165) is 13.2 Å². The maximum absolute atomic E-state index is 5.76. The summed E-state index contributed by atoms with van der Waals surface area (Å²) in [5, 5.41) is 0. The molecule has 0 rings (SSSR count). The number of nitrogens with zero attached hydrogens (tertiary/aromatic N) is 1. The highest BCUT2D eigenvalue weighted by Crippen LogP contribution is 2.04. The van der Waals surface area contributed by atoms with E-state index in [4.69, 9.17) is 4.74 Å². The van der Waals surface area contributed by atoms with Crippen LogP contribution in [-0.2, 0) is 4.74 Å². The molecule has 0 aromatic heterocycles. The normalized spacial score (nSPS) is 13.5. The monoisotopic (exact) mass is 201 g/mol. The van der Waals surface area contributed by atoms with Crippen LogP contribution in [0, 0.1) is 0 Å². The van der Waals surface area contributed by atoms with Gasteiger partial charge in [0.05, 0.1) is 0 Å². The van der Waals surface area contributed by atoms with Gasteiger partial charge in [-0.05, 0) is 26.3 Å². The van der Waals surface area contributed by atoms with Gasteiger partial charge in [0.25, 0.3) is 0 Å². The van der Waals surface area contributed by atoms with Crippen LogP contribution in [-0.4, -0.2) is 30.8 Å². The first-order valence-electron chi connectivity index (χ1n) is 6.11. The molecule has 0 aromatic rings. The van der Waals surface area contributed by atoms with Crippen LogP contribution in [0.1, 0.15) is 53.4 Å². The zero-order valence-electron chi connectivity index (χ0n) is 10.4. The van der Waals surface area contributed by atoms with Crippen LogP contribution in [0.15, 0.2) is 0 Å². The Morgan fingerprint density at radius 1 is 1.07 bits per heavy atom. The second-order valence-corrected chi connectivity index (χ2v) is 3.81. The highest BCUT2D eigenvalue weighted by atomic mass is 16.5. The van der Waals surface area contributed by atoms with Gasteiger partial charge in [0.1, 0.15) is 6.23 Å². The summed E-state index contributed by atoms with van der Waals surface area (Å²) in [5.41, 5.74) is 0. The summed E-state index contributed by atoms with van der Waals surface area (Å²) in [5.74, 6) is 0. The van der Waals surface area contributed by atoms with Gasteiger partial charge in [-0.1, -0.05) is 33.6 Å². The second-order valence-electron chi connectivity index (χ2n) is 3.81. The maximum atomic E-state index is 5.76. The van der Waals surface area contributed by atoms with Crippen molar-refractivity contribution in [2.75, 3.05) is 19.7 Å². The lowest BCUT2D eigenvalue weighted by Crippen LogP contribution is -2.35. The summed E-state index contributed by atoms with van der Waals surface area (Å²) in [7, 11) is 0. The van der Waals surface area contributed by atoms with Crippen molar-refractivity contribution in [1.29, 1.82) is 0 Å². The summed E-state index contributed by atoms with van der Waals surface area (Å²) in [4.78, 5) is 2.40. The number of ether oxygens (including phenoxy) is 1. The van der Waals surface area contributed by atoms with Gasteiger partial charge in [-0.2, -0.15) is 0 Å². The van der Waals surface area contributed by atoms with Crippen molar-refractivity contribution < 1.29 is 4.74 Å². The molecule has 86 valence electrons. The van der Waals surface area contributed by atoms with E-state index in [0.29, 0.717) is 0 Å². The van der Waals surface area contributed by atoms with Gasteiger partial charge in [0.2, 0.25) is 0 Å². The number of hydrogen-bond acceptors (Lipinski definition) is 2. The van der Waals surface area contributed by atoms with Gasteiger partial charge in [0.15, 0.2) is 0 Å². The van der Waals surface area contributed by atoms with Gasteiger partial charge in [-0.25, -0.2) is 0 Å². The Balaban J connectivity index is 3.61. The molecule has 0 heterocycles. The van der Waals surface area contributed by atoms with Crippen molar-refractivity contribution in [1.82, 2.24) is 4.90 Å². The Bertz CT molecular complexity index is 117. The molecular formula is C12H27NO. The lowest BCUT2D eigenvalue weighted by molar-refractivity contribution is -0.0464. The van der Waals surface area contributed by atoms with Crippen LogP contribution >= 0.6 is 0 Å². The summed E-state index contributed by atoms with van der Waals surface area (Å²) in [6.45, 7) is 12.0. The molecule has 0 fully saturated rings. The van der Waals surface area contributed by atoms with E-state index < -0.39 is 0 Å². The molecule has 0 N–H and O–H groups in total. The molecule has 0 aliphatic rings. The highest BCUT2D eigenvalue weighted by Gasteiger charge is 2.10. The van der Waals surface area contributed by atoms with E-state index in [2.05, 4.69) is 32.6 Å². The van der Waals surface area contributed by atoms with Crippen LogP contribution in [0.2, 0.25) is 0 Å². The molecule has 0 bridgehead atoms. The predicted octanol–water partition coefficient (Wildman–Crippen LogP) is 3.27. The summed E-state index contributed by atoms with van der Waals surface area (Å²) >= 11 is 0. The molecule has 14 heavy (non-hydrogen) atoms. The Labute approximate surface area is 89.6 Å². The largest absolute Gasteiger partial charge is 0.363 e. The molecule has 0 amide bonds. The minimum atomic E-state index is 0.290. The van der Waals surface area contributed by atoms with E-state index in [1.54, 1.807) is 0 Å². The van der Waals surface area contributed by atoms with Crippen LogP contribution in [0.3, 0.4) is 0 Å². The van der Waals surface area contributed by atoms with E-state index in [-0.39, 0.29) is 6.23 Å². The zero-order chi connectivity index (χ0) is 10.8. The molecular weight excluding hydrogens is 174 g/mol. The first-order chi connectivity index (χ1) is 6.76. The lowest BCUT2D eigenvalue weighted by Gasteiger charge is -2.27. The Morgan fingerprint density at radius 3 is 2.21 bits per heavy atom. The number of hydrogen-bond donors (Lipinski definition) is 0. The van der Waals surface area contributed by atoms with Crippen LogP contribution < -0.4 is 0 Å². The summed E-state index contributed by atoms with van der Waals surface area (Å²) in [6, 6.07) is 0.